The van der Waals surface area contributed by atoms with Crippen molar-refractivity contribution in [2.24, 2.45) is 0 Å². The summed E-state index contributed by atoms with van der Waals surface area (Å²) in [7, 11) is 0. The first-order valence-corrected chi connectivity index (χ1v) is 8.07. The molecule has 0 bridgehead atoms. The summed E-state index contributed by atoms with van der Waals surface area (Å²) >= 11 is 0. The van der Waals surface area contributed by atoms with Crippen LogP contribution >= 0.6 is 0 Å². The van der Waals surface area contributed by atoms with Crippen molar-refractivity contribution < 1.29 is 9.59 Å². The topological polar surface area (TPSA) is 70.2 Å². The van der Waals surface area contributed by atoms with Gasteiger partial charge in [0.15, 0.2) is 0 Å². The lowest BCUT2D eigenvalue weighted by atomic mass is 10.1. The monoisotopic (exact) mass is 325 g/mol. The van der Waals surface area contributed by atoms with E-state index in [4.69, 9.17) is 0 Å². The lowest BCUT2D eigenvalue weighted by Crippen LogP contribution is -2.31. The van der Waals surface area contributed by atoms with Gasteiger partial charge in [0.2, 0.25) is 0 Å². The third kappa shape index (κ3) is 4.93. The number of carbonyl (C=O) groups excluding carboxylic acids is 2. The van der Waals surface area contributed by atoms with E-state index in [9.17, 15) is 9.59 Å². The summed E-state index contributed by atoms with van der Waals surface area (Å²) in [6, 6.07) is 14.3. The highest BCUT2D eigenvalue weighted by Crippen LogP contribution is 2.18. The Bertz CT molecular complexity index is 699. The minimum Gasteiger partial charge on any atom is -0.351 e. The van der Waals surface area contributed by atoms with E-state index in [0.29, 0.717) is 23.4 Å². The molecule has 2 amide bonds. The Kier molecular flexibility index (Phi) is 6.51. The molecule has 0 spiro atoms. The Hall–Kier alpha value is -2.66. The van der Waals surface area contributed by atoms with Gasteiger partial charge in [-0.25, -0.2) is 0 Å². The van der Waals surface area contributed by atoms with Crippen molar-refractivity contribution in [3.8, 4) is 0 Å². The Balaban J connectivity index is 2.05. The third-order valence-corrected chi connectivity index (χ3v) is 3.62. The van der Waals surface area contributed by atoms with E-state index >= 15 is 0 Å². The molecular weight excluding hydrogens is 302 g/mol. The van der Waals surface area contributed by atoms with Crippen LogP contribution in [0.2, 0.25) is 0 Å². The Labute approximate surface area is 142 Å². The molecule has 0 fully saturated rings. The molecule has 3 N–H and O–H groups in total. The number of carbonyl (C=O) groups is 2. The number of nitrogens with one attached hydrogen (secondary N) is 3. The minimum atomic E-state index is -0.191. The number of hydrogen-bond acceptors (Lipinski definition) is 3. The molecule has 5 heteroatoms. The predicted molar refractivity (Wildman–Crippen MR) is 96.5 cm³/mol. The summed E-state index contributed by atoms with van der Waals surface area (Å²) in [4.78, 5) is 24.4. The lowest BCUT2D eigenvalue weighted by molar-refractivity contribution is 0.0952. The maximum atomic E-state index is 12.3. The van der Waals surface area contributed by atoms with Crippen LogP contribution in [0.4, 0.5) is 5.69 Å². The average molecular weight is 325 g/mol. The maximum absolute atomic E-state index is 12.3. The van der Waals surface area contributed by atoms with Gasteiger partial charge in [-0.2, -0.15) is 0 Å². The molecule has 0 aliphatic carbocycles. The largest absolute Gasteiger partial charge is 0.351 e. The van der Waals surface area contributed by atoms with Crippen LogP contribution in [-0.2, 0) is 0 Å². The maximum Gasteiger partial charge on any atom is 0.255 e. The number of amides is 2. The summed E-state index contributed by atoms with van der Waals surface area (Å²) in [6.07, 6.45) is 0. The van der Waals surface area contributed by atoms with E-state index in [0.717, 1.165) is 18.7 Å². The number of rotatable bonds is 7. The Morgan fingerprint density at radius 1 is 0.917 bits per heavy atom. The molecule has 24 heavy (non-hydrogen) atoms. The third-order valence-electron chi connectivity index (χ3n) is 3.62. The van der Waals surface area contributed by atoms with E-state index < -0.39 is 0 Å². The molecular formula is C19H23N3O2. The van der Waals surface area contributed by atoms with Crippen molar-refractivity contribution in [2.75, 3.05) is 25.0 Å². The fourth-order valence-electron chi connectivity index (χ4n) is 2.23. The van der Waals surface area contributed by atoms with Crippen molar-refractivity contribution in [1.29, 1.82) is 0 Å². The van der Waals surface area contributed by atoms with Crippen LogP contribution < -0.4 is 16.0 Å². The average Bonchev–Trinajstić information content (AvgIpc) is 2.61. The second-order valence-electron chi connectivity index (χ2n) is 5.46. The molecule has 0 heterocycles. The van der Waals surface area contributed by atoms with Crippen LogP contribution in [0.25, 0.3) is 0 Å². The van der Waals surface area contributed by atoms with E-state index in [1.165, 1.54) is 0 Å². The van der Waals surface area contributed by atoms with Gasteiger partial charge in [-0.1, -0.05) is 31.2 Å². The van der Waals surface area contributed by atoms with Crippen LogP contribution in [-0.4, -0.2) is 31.4 Å². The molecule has 0 unspecified atom stereocenters. The van der Waals surface area contributed by atoms with Crippen LogP contribution in [0.3, 0.4) is 0 Å². The van der Waals surface area contributed by atoms with E-state index in [-0.39, 0.29) is 11.8 Å². The highest BCUT2D eigenvalue weighted by molar-refractivity contribution is 6.05. The number of aryl methyl sites for hydroxylation is 1. The molecule has 126 valence electrons. The molecule has 0 aromatic heterocycles. The van der Waals surface area contributed by atoms with Gasteiger partial charge in [-0.05, 0) is 43.3 Å². The molecule has 5 nitrogen and oxygen atoms in total. The van der Waals surface area contributed by atoms with Gasteiger partial charge >= 0.3 is 0 Å². The molecule has 2 rings (SSSR count). The zero-order chi connectivity index (χ0) is 17.4. The first-order valence-electron chi connectivity index (χ1n) is 8.07. The smallest absolute Gasteiger partial charge is 0.255 e. The van der Waals surface area contributed by atoms with Crippen LogP contribution in [0.1, 0.15) is 33.2 Å². The second kappa shape index (κ2) is 8.84. The summed E-state index contributed by atoms with van der Waals surface area (Å²) < 4.78 is 0. The fraction of sp³-hybridized carbons (Fsp3) is 0.263. The molecule has 0 saturated heterocycles. The molecule has 0 atom stereocenters. The van der Waals surface area contributed by atoms with Gasteiger partial charge in [0.1, 0.15) is 0 Å². The van der Waals surface area contributed by atoms with E-state index in [1.807, 2.05) is 38.1 Å². The number of hydrogen-bond donors (Lipinski definition) is 3. The van der Waals surface area contributed by atoms with Gasteiger partial charge in [0.25, 0.3) is 11.8 Å². The predicted octanol–water partition coefficient (Wildman–Crippen LogP) is 2.59. The van der Waals surface area contributed by atoms with Crippen LogP contribution in [0.15, 0.2) is 48.5 Å². The summed E-state index contributed by atoms with van der Waals surface area (Å²) in [6.45, 7) is 6.07. The highest BCUT2D eigenvalue weighted by Gasteiger charge is 2.11. The molecule has 2 aromatic carbocycles. The molecule has 2 aromatic rings. The zero-order valence-electron chi connectivity index (χ0n) is 14.1. The van der Waals surface area contributed by atoms with Crippen molar-refractivity contribution in [3.63, 3.8) is 0 Å². The van der Waals surface area contributed by atoms with Gasteiger partial charge < -0.3 is 16.0 Å². The number of benzene rings is 2. The number of anilines is 1. The van der Waals surface area contributed by atoms with Gasteiger partial charge in [-0.15, -0.1) is 0 Å². The first-order chi connectivity index (χ1) is 11.6. The van der Waals surface area contributed by atoms with Crippen LogP contribution in [0, 0.1) is 6.92 Å². The number of likely N-dealkylation sites (N-methyl/N-ethyl adjacent to an activating group) is 1. The van der Waals surface area contributed by atoms with Crippen molar-refractivity contribution in [2.45, 2.75) is 13.8 Å². The summed E-state index contributed by atoms with van der Waals surface area (Å²) in [5.74, 6) is -0.341. The summed E-state index contributed by atoms with van der Waals surface area (Å²) in [5.41, 5.74) is 2.66. The fourth-order valence-corrected chi connectivity index (χ4v) is 2.23. The highest BCUT2D eigenvalue weighted by atomic mass is 16.2. The standard InChI is InChI=1S/C19H23N3O2/c1-3-20-11-12-21-18(23)16-10-9-14(2)17(13-16)22-19(24)15-7-5-4-6-8-15/h4-10,13,20H,3,11-12H2,1-2H3,(H,21,23)(H,22,24). The molecule has 0 saturated carbocycles. The summed E-state index contributed by atoms with van der Waals surface area (Å²) in [5, 5.41) is 8.87. The molecule has 0 aliphatic rings. The normalized spacial score (nSPS) is 10.2. The molecule has 0 radical (unpaired) electrons. The minimum absolute atomic E-state index is 0.150. The van der Waals surface area contributed by atoms with Crippen molar-refractivity contribution in [3.05, 3.63) is 65.2 Å². The van der Waals surface area contributed by atoms with Crippen LogP contribution in [0.5, 0.6) is 0 Å². The quantitative estimate of drug-likeness (QED) is 0.685. The SMILES string of the molecule is CCNCCNC(=O)c1ccc(C)c(NC(=O)c2ccccc2)c1. The molecule has 0 aliphatic heterocycles. The zero-order valence-corrected chi connectivity index (χ0v) is 14.1. The van der Waals surface area contributed by atoms with Crippen molar-refractivity contribution in [1.82, 2.24) is 10.6 Å². The van der Waals surface area contributed by atoms with E-state index in [1.54, 1.807) is 24.3 Å². The van der Waals surface area contributed by atoms with Gasteiger partial charge in [0, 0.05) is 29.9 Å². The van der Waals surface area contributed by atoms with Gasteiger partial charge in [0.05, 0.1) is 0 Å². The Morgan fingerprint density at radius 3 is 2.38 bits per heavy atom. The lowest BCUT2D eigenvalue weighted by Gasteiger charge is -2.11. The second-order valence-corrected chi connectivity index (χ2v) is 5.46. The Morgan fingerprint density at radius 2 is 1.67 bits per heavy atom. The van der Waals surface area contributed by atoms with E-state index in [2.05, 4.69) is 16.0 Å². The van der Waals surface area contributed by atoms with Gasteiger partial charge in [-0.3, -0.25) is 9.59 Å². The van der Waals surface area contributed by atoms with Crippen molar-refractivity contribution >= 4 is 17.5 Å². The first kappa shape index (κ1) is 17.7.